The molecule has 0 saturated carbocycles. The summed E-state index contributed by atoms with van der Waals surface area (Å²) in [5, 5.41) is 0. The van der Waals surface area contributed by atoms with E-state index in [4.69, 9.17) is 9.57 Å². The molecule has 0 saturated heterocycles. The van der Waals surface area contributed by atoms with Crippen molar-refractivity contribution in [3.63, 3.8) is 0 Å². The highest BCUT2D eigenvalue weighted by Crippen LogP contribution is 2.03. The summed E-state index contributed by atoms with van der Waals surface area (Å²) in [4.78, 5) is 15.2. The lowest BCUT2D eigenvalue weighted by Gasteiger charge is -2.17. The van der Waals surface area contributed by atoms with Crippen molar-refractivity contribution in [3.05, 3.63) is 12.3 Å². The first-order valence-corrected chi connectivity index (χ1v) is 3.02. The van der Waals surface area contributed by atoms with Gasteiger partial charge in [-0.25, -0.2) is 4.84 Å². The van der Waals surface area contributed by atoms with Gasteiger partial charge in [-0.05, 0) is 0 Å². The smallest absolute Gasteiger partial charge is 0.305 e. The summed E-state index contributed by atoms with van der Waals surface area (Å²) in [5.41, 5.74) is 2.48. The van der Waals surface area contributed by atoms with Crippen LogP contribution in [0.4, 0.5) is 0 Å². The highest BCUT2D eigenvalue weighted by Gasteiger charge is 2.12. The minimum absolute atomic E-state index is 0.331. The van der Waals surface area contributed by atoms with Gasteiger partial charge in [0.25, 0.3) is 0 Å². The molecule has 1 unspecified atom stereocenters. The van der Waals surface area contributed by atoms with E-state index in [1.165, 1.54) is 6.92 Å². The molecule has 0 bridgehead atoms. The van der Waals surface area contributed by atoms with E-state index < -0.39 is 6.29 Å². The van der Waals surface area contributed by atoms with Gasteiger partial charge in [0.1, 0.15) is 0 Å². The second-order valence-corrected chi connectivity index (χ2v) is 1.91. The van der Waals surface area contributed by atoms with E-state index in [2.05, 4.69) is 5.48 Å². The Bertz CT molecular complexity index is 155. The van der Waals surface area contributed by atoms with Crippen molar-refractivity contribution in [2.45, 2.75) is 19.6 Å². The molecule has 0 aromatic carbocycles. The van der Waals surface area contributed by atoms with Gasteiger partial charge in [0.05, 0.1) is 0 Å². The van der Waals surface area contributed by atoms with Crippen molar-refractivity contribution < 1.29 is 14.4 Å². The number of esters is 1. The fourth-order valence-corrected chi connectivity index (χ4v) is 0.648. The summed E-state index contributed by atoms with van der Waals surface area (Å²) in [5.74, 6) is -0.331. The Morgan fingerprint density at radius 1 is 1.90 bits per heavy atom. The Balaban J connectivity index is 2.28. The van der Waals surface area contributed by atoms with E-state index in [-0.39, 0.29) is 5.97 Å². The van der Waals surface area contributed by atoms with Crippen LogP contribution in [-0.2, 0) is 14.4 Å². The number of ether oxygens (including phenoxy) is 1. The summed E-state index contributed by atoms with van der Waals surface area (Å²) < 4.78 is 4.72. The molecule has 0 radical (unpaired) electrons. The van der Waals surface area contributed by atoms with Gasteiger partial charge in [-0.15, -0.1) is 0 Å². The van der Waals surface area contributed by atoms with E-state index in [0.717, 1.165) is 0 Å². The lowest BCUT2D eigenvalue weighted by atomic mass is 10.4. The van der Waals surface area contributed by atoms with Crippen LogP contribution in [0.3, 0.4) is 0 Å². The topological polar surface area (TPSA) is 47.6 Å². The third-order valence-electron chi connectivity index (χ3n) is 1.01. The van der Waals surface area contributed by atoms with E-state index in [1.54, 1.807) is 6.20 Å². The lowest BCUT2D eigenvalue weighted by molar-refractivity contribution is -0.189. The van der Waals surface area contributed by atoms with E-state index >= 15 is 0 Å². The molecule has 0 aromatic rings. The molecule has 56 valence electrons. The maximum atomic E-state index is 10.4. The first-order valence-electron chi connectivity index (χ1n) is 3.02. The zero-order chi connectivity index (χ0) is 7.40. The fraction of sp³-hybridized carbons (Fsp3) is 0.500. The van der Waals surface area contributed by atoms with Gasteiger partial charge in [0.2, 0.25) is 6.29 Å². The molecule has 1 aliphatic rings. The van der Waals surface area contributed by atoms with Crippen molar-refractivity contribution >= 4 is 5.97 Å². The van der Waals surface area contributed by atoms with E-state index in [1.807, 2.05) is 6.08 Å². The molecule has 0 spiro atoms. The van der Waals surface area contributed by atoms with Crippen LogP contribution >= 0.6 is 0 Å². The summed E-state index contributed by atoms with van der Waals surface area (Å²) in [7, 11) is 0. The van der Waals surface area contributed by atoms with Crippen LogP contribution in [0.15, 0.2) is 12.3 Å². The SMILES string of the molecule is CC(=O)OC1CC=CNO1. The zero-order valence-corrected chi connectivity index (χ0v) is 5.66. The molecule has 1 heterocycles. The van der Waals surface area contributed by atoms with Gasteiger partial charge in [0.15, 0.2) is 0 Å². The Morgan fingerprint density at radius 3 is 3.20 bits per heavy atom. The third-order valence-corrected chi connectivity index (χ3v) is 1.01. The first kappa shape index (κ1) is 7.08. The average Bonchev–Trinajstić information content (AvgIpc) is 1.88. The molecular formula is C6H9NO3. The predicted octanol–water partition coefficient (Wildman–Crippen LogP) is 0.314. The van der Waals surface area contributed by atoms with E-state index in [9.17, 15) is 4.79 Å². The summed E-state index contributed by atoms with van der Waals surface area (Å²) in [6, 6.07) is 0. The van der Waals surface area contributed by atoms with E-state index in [0.29, 0.717) is 6.42 Å². The average molecular weight is 143 g/mol. The highest BCUT2D eigenvalue weighted by molar-refractivity contribution is 5.66. The highest BCUT2D eigenvalue weighted by atomic mass is 16.8. The second-order valence-electron chi connectivity index (χ2n) is 1.91. The molecule has 1 atom stereocenters. The van der Waals surface area contributed by atoms with Gasteiger partial charge in [-0.2, -0.15) is 0 Å². The predicted molar refractivity (Wildman–Crippen MR) is 33.5 cm³/mol. The molecule has 4 nitrogen and oxygen atoms in total. The molecule has 0 fully saturated rings. The number of hydrogen-bond donors (Lipinski definition) is 1. The van der Waals surface area contributed by atoms with Crippen molar-refractivity contribution in [2.24, 2.45) is 0 Å². The molecule has 10 heavy (non-hydrogen) atoms. The summed E-state index contributed by atoms with van der Waals surface area (Å²) >= 11 is 0. The summed E-state index contributed by atoms with van der Waals surface area (Å²) in [6.07, 6.45) is 3.62. The quantitative estimate of drug-likeness (QED) is 0.537. The lowest BCUT2D eigenvalue weighted by Crippen LogP contribution is -2.27. The van der Waals surface area contributed by atoms with Gasteiger partial charge in [0, 0.05) is 19.5 Å². The molecule has 4 heteroatoms. The molecule has 0 amide bonds. The molecule has 1 rings (SSSR count). The van der Waals surface area contributed by atoms with Crippen LogP contribution in [-0.4, -0.2) is 12.3 Å². The third kappa shape index (κ3) is 2.06. The number of carbonyl (C=O) groups is 1. The fourth-order valence-electron chi connectivity index (χ4n) is 0.648. The van der Waals surface area contributed by atoms with Crippen molar-refractivity contribution in [1.82, 2.24) is 5.48 Å². The van der Waals surface area contributed by atoms with Crippen LogP contribution in [0, 0.1) is 0 Å². The Labute approximate surface area is 58.8 Å². The van der Waals surface area contributed by atoms with Gasteiger partial charge >= 0.3 is 5.97 Å². The van der Waals surface area contributed by atoms with Crippen LogP contribution in [0.25, 0.3) is 0 Å². The van der Waals surface area contributed by atoms with Crippen LogP contribution in [0.2, 0.25) is 0 Å². The monoisotopic (exact) mass is 143 g/mol. The molecule has 1 N–H and O–H groups in total. The minimum Gasteiger partial charge on any atom is -0.433 e. The number of hydrogen-bond acceptors (Lipinski definition) is 4. The molecule has 1 aliphatic heterocycles. The normalized spacial score (nSPS) is 23.5. The maximum Gasteiger partial charge on any atom is 0.305 e. The minimum atomic E-state index is -0.470. The Hall–Kier alpha value is -1.03. The van der Waals surface area contributed by atoms with Crippen molar-refractivity contribution in [3.8, 4) is 0 Å². The number of nitrogens with one attached hydrogen (secondary N) is 1. The molecular weight excluding hydrogens is 134 g/mol. The van der Waals surface area contributed by atoms with Crippen molar-refractivity contribution in [1.29, 1.82) is 0 Å². The zero-order valence-electron chi connectivity index (χ0n) is 5.66. The van der Waals surface area contributed by atoms with Crippen molar-refractivity contribution in [2.75, 3.05) is 0 Å². The first-order chi connectivity index (χ1) is 4.79. The largest absolute Gasteiger partial charge is 0.433 e. The second kappa shape index (κ2) is 3.22. The van der Waals surface area contributed by atoms with Crippen LogP contribution in [0.5, 0.6) is 0 Å². The van der Waals surface area contributed by atoms with Gasteiger partial charge in [-0.1, -0.05) is 6.08 Å². The van der Waals surface area contributed by atoms with Crippen LogP contribution in [0.1, 0.15) is 13.3 Å². The number of carbonyl (C=O) groups excluding carboxylic acids is 1. The number of rotatable bonds is 1. The Kier molecular flexibility index (Phi) is 2.28. The number of hydroxylamine groups is 1. The molecule has 0 aliphatic carbocycles. The summed E-state index contributed by atoms with van der Waals surface area (Å²) in [6.45, 7) is 1.35. The molecule has 0 aromatic heterocycles. The van der Waals surface area contributed by atoms with Gasteiger partial charge < -0.3 is 4.74 Å². The van der Waals surface area contributed by atoms with Crippen LogP contribution < -0.4 is 5.48 Å². The maximum absolute atomic E-state index is 10.4. The standard InChI is InChI=1S/C6H9NO3/c1-5(8)9-6-3-2-4-7-10-6/h2,4,6-7H,3H2,1H3. The van der Waals surface area contributed by atoms with Gasteiger partial charge in [-0.3, -0.25) is 10.3 Å². The Morgan fingerprint density at radius 2 is 2.70 bits per heavy atom.